The van der Waals surface area contributed by atoms with Crippen LogP contribution in [0.1, 0.15) is 65.3 Å². The molecule has 0 N–H and O–H groups in total. The fourth-order valence-corrected chi connectivity index (χ4v) is 8.81. The van der Waals surface area contributed by atoms with E-state index in [0.717, 1.165) is 51.1 Å². The van der Waals surface area contributed by atoms with Gasteiger partial charge in [0.25, 0.3) is 0 Å². The fraction of sp³-hybridized carbons (Fsp3) is 0.0938. The monoisotopic (exact) mass is 856 g/mol. The molecule has 0 unspecified atom stereocenters. The second-order valence-electron chi connectivity index (χ2n) is 16.0. The van der Waals surface area contributed by atoms with Crippen molar-refractivity contribution in [1.82, 2.24) is 0 Å². The average molecular weight is 857 g/mol. The molecule has 2 heteroatoms. The summed E-state index contributed by atoms with van der Waals surface area (Å²) in [4.78, 5) is 0. The molecule has 0 saturated heterocycles. The maximum atomic E-state index is 6.96. The van der Waals surface area contributed by atoms with Crippen LogP contribution in [-0.2, 0) is 11.8 Å². The van der Waals surface area contributed by atoms with Crippen LogP contribution in [0.3, 0.4) is 0 Å². The van der Waals surface area contributed by atoms with E-state index in [4.69, 9.17) is 9.47 Å². The smallest absolute Gasteiger partial charge is 0.178 e. The van der Waals surface area contributed by atoms with Gasteiger partial charge in [-0.2, -0.15) is 0 Å². The summed E-state index contributed by atoms with van der Waals surface area (Å²) in [6, 6.07) is 80.2. The van der Waals surface area contributed by atoms with Crippen molar-refractivity contribution in [2.24, 2.45) is 0 Å². The highest BCUT2D eigenvalue weighted by Crippen LogP contribution is 2.62. The lowest BCUT2D eigenvalue weighted by Crippen LogP contribution is -2.28. The molecular formula is C64H56O2. The summed E-state index contributed by atoms with van der Waals surface area (Å²) in [5, 5.41) is 0. The van der Waals surface area contributed by atoms with Gasteiger partial charge in [0, 0.05) is 5.56 Å². The zero-order valence-electron chi connectivity index (χ0n) is 38.3. The third-order valence-corrected chi connectivity index (χ3v) is 12.0. The molecule has 66 heavy (non-hydrogen) atoms. The summed E-state index contributed by atoms with van der Waals surface area (Å²) in [5.41, 5.74) is 14.5. The predicted octanol–water partition coefficient (Wildman–Crippen LogP) is 17.6. The van der Waals surface area contributed by atoms with Crippen LogP contribution in [0.15, 0.2) is 243 Å². The van der Waals surface area contributed by atoms with Crippen LogP contribution in [0.4, 0.5) is 0 Å². The van der Waals surface area contributed by atoms with Gasteiger partial charge in [-0.3, -0.25) is 0 Å². The molecule has 0 radical (unpaired) electrons. The summed E-state index contributed by atoms with van der Waals surface area (Å²) in [6.07, 6.45) is 5.34. The minimum absolute atomic E-state index is 0.514. The molecule has 0 fully saturated rings. The number of hydrogen-bond acceptors (Lipinski definition) is 2. The number of aryl methyl sites for hydroxylation is 2. The van der Waals surface area contributed by atoms with E-state index in [2.05, 4.69) is 215 Å². The minimum atomic E-state index is -0.514. The van der Waals surface area contributed by atoms with Crippen molar-refractivity contribution in [2.45, 2.75) is 39.5 Å². The van der Waals surface area contributed by atoms with Gasteiger partial charge in [0.05, 0.1) is 5.41 Å². The van der Waals surface area contributed by atoms with Crippen LogP contribution in [-0.4, -0.2) is 0 Å². The molecule has 0 saturated carbocycles. The molecule has 1 heterocycles. The molecule has 0 amide bonds. The number of rotatable bonds is 7. The van der Waals surface area contributed by atoms with Gasteiger partial charge in [-0.25, -0.2) is 0 Å². The van der Waals surface area contributed by atoms with Gasteiger partial charge in [0.1, 0.15) is 0 Å². The van der Waals surface area contributed by atoms with Crippen LogP contribution in [0.2, 0.25) is 0 Å². The van der Waals surface area contributed by atoms with E-state index >= 15 is 0 Å². The molecule has 1 aliphatic carbocycles. The van der Waals surface area contributed by atoms with Crippen molar-refractivity contribution >= 4 is 11.6 Å². The zero-order valence-corrected chi connectivity index (χ0v) is 38.3. The topological polar surface area (TPSA) is 18.5 Å². The summed E-state index contributed by atoms with van der Waals surface area (Å²) in [6.45, 7) is 12.7. The molecule has 2 nitrogen and oxygen atoms in total. The SMILES string of the molecule is C=C(/C=C/c1ccc(C)cc1)c1ccccc1-c1ccc2c(c1)Oc1c(ccc3c1-c1ccccc1C3(c1ccccc1)c1ccccc1)O2.CC.CCc1ccccc1.c1ccccc1. The first-order valence-corrected chi connectivity index (χ1v) is 23.0. The number of hydrogen-bond donors (Lipinski definition) is 0. The van der Waals surface area contributed by atoms with Crippen molar-refractivity contribution in [3.8, 4) is 45.3 Å². The van der Waals surface area contributed by atoms with Crippen molar-refractivity contribution in [3.63, 3.8) is 0 Å². The maximum absolute atomic E-state index is 6.96. The predicted molar refractivity (Wildman–Crippen MR) is 279 cm³/mol. The Bertz CT molecular complexity index is 2960. The van der Waals surface area contributed by atoms with E-state index in [0.29, 0.717) is 17.2 Å². The van der Waals surface area contributed by atoms with Crippen LogP contribution >= 0.6 is 0 Å². The van der Waals surface area contributed by atoms with Gasteiger partial charge in [-0.05, 0) is 92.8 Å². The van der Waals surface area contributed by atoms with E-state index in [1.165, 1.54) is 33.4 Å². The van der Waals surface area contributed by atoms with Crippen LogP contribution in [0, 0.1) is 6.92 Å². The first-order chi connectivity index (χ1) is 32.5. The highest BCUT2D eigenvalue weighted by atomic mass is 16.6. The average Bonchev–Trinajstić information content (AvgIpc) is 3.71. The Kier molecular flexibility index (Phi) is 14.3. The van der Waals surface area contributed by atoms with Gasteiger partial charge < -0.3 is 9.47 Å². The summed E-state index contributed by atoms with van der Waals surface area (Å²) < 4.78 is 13.6. The molecule has 0 bridgehead atoms. The second kappa shape index (κ2) is 21.2. The van der Waals surface area contributed by atoms with Crippen LogP contribution < -0.4 is 9.47 Å². The van der Waals surface area contributed by atoms with Gasteiger partial charge in [0.15, 0.2) is 23.0 Å². The quantitative estimate of drug-likeness (QED) is 0.149. The summed E-state index contributed by atoms with van der Waals surface area (Å²) in [5.74, 6) is 2.84. The highest BCUT2D eigenvalue weighted by Gasteiger charge is 2.48. The number of allylic oxidation sites excluding steroid dienone is 2. The molecule has 9 aromatic carbocycles. The minimum Gasteiger partial charge on any atom is -0.449 e. The van der Waals surface area contributed by atoms with E-state index in [9.17, 15) is 0 Å². The van der Waals surface area contributed by atoms with Gasteiger partial charge in [-0.15, -0.1) is 0 Å². The zero-order chi connectivity index (χ0) is 45.7. The summed E-state index contributed by atoms with van der Waals surface area (Å²) in [7, 11) is 0. The fourth-order valence-electron chi connectivity index (χ4n) is 8.81. The van der Waals surface area contributed by atoms with Crippen molar-refractivity contribution < 1.29 is 9.47 Å². The molecular weight excluding hydrogens is 801 g/mol. The largest absolute Gasteiger partial charge is 0.449 e. The molecule has 324 valence electrons. The Labute approximate surface area is 391 Å². The molecule has 2 aliphatic rings. The molecule has 11 rings (SSSR count). The number of ether oxygens (including phenoxy) is 2. The number of fused-ring (bicyclic) bond motifs is 6. The standard InChI is InChI=1S/C48H34O2.C8H10.C6H6.C2H6/c1-32-21-24-34(25-22-32)26-23-33(2)38-17-9-10-18-39(38)35-27-29-43-45(31-35)50-47-44(49-43)30-28-42-46(47)40-19-11-12-20-41(40)48(42,36-13-5-3-6-14-36)37-15-7-4-8-16-37;1-2-8-6-4-3-5-7-8;1-2-4-6-5-3-1;1-2/h3-31H,2H2,1H3;3-7H,2H2,1H3;1-6H;1-2H3/b26-23+;;;. The third kappa shape index (κ3) is 9.32. The number of benzene rings is 9. The van der Waals surface area contributed by atoms with E-state index in [1.54, 1.807) is 0 Å². The Morgan fingerprint density at radius 2 is 1.03 bits per heavy atom. The molecule has 9 aromatic rings. The maximum Gasteiger partial charge on any atom is 0.178 e. The molecule has 1 aliphatic heterocycles. The van der Waals surface area contributed by atoms with E-state index in [-0.39, 0.29) is 0 Å². The Balaban J connectivity index is 0.000000315. The van der Waals surface area contributed by atoms with Crippen LogP contribution in [0.25, 0.3) is 33.9 Å². The second-order valence-corrected chi connectivity index (χ2v) is 16.0. The van der Waals surface area contributed by atoms with Crippen molar-refractivity contribution in [1.29, 1.82) is 0 Å². The lowest BCUT2D eigenvalue weighted by molar-refractivity contribution is 0.360. The van der Waals surface area contributed by atoms with Crippen LogP contribution in [0.5, 0.6) is 23.0 Å². The Morgan fingerprint density at radius 3 is 1.64 bits per heavy atom. The lowest BCUT2D eigenvalue weighted by Gasteiger charge is -2.34. The first kappa shape index (κ1) is 44.7. The Hall–Kier alpha value is -7.94. The van der Waals surface area contributed by atoms with Gasteiger partial charge in [-0.1, -0.05) is 257 Å². The lowest BCUT2D eigenvalue weighted by atomic mass is 9.68. The first-order valence-electron chi connectivity index (χ1n) is 23.0. The van der Waals surface area contributed by atoms with Gasteiger partial charge in [0.2, 0.25) is 0 Å². The normalized spacial score (nSPS) is 12.1. The summed E-state index contributed by atoms with van der Waals surface area (Å²) >= 11 is 0. The molecule has 0 atom stereocenters. The van der Waals surface area contributed by atoms with Crippen molar-refractivity contribution in [3.05, 3.63) is 288 Å². The third-order valence-electron chi connectivity index (χ3n) is 12.0. The molecule has 0 aromatic heterocycles. The van der Waals surface area contributed by atoms with E-state index in [1.807, 2.05) is 62.4 Å². The van der Waals surface area contributed by atoms with Crippen molar-refractivity contribution in [2.75, 3.05) is 0 Å². The Morgan fingerprint density at radius 1 is 0.500 bits per heavy atom. The highest BCUT2D eigenvalue weighted by molar-refractivity contribution is 5.92. The van der Waals surface area contributed by atoms with E-state index < -0.39 is 5.41 Å². The molecule has 0 spiro atoms. The van der Waals surface area contributed by atoms with Gasteiger partial charge >= 0.3 is 0 Å².